The van der Waals surface area contributed by atoms with Crippen molar-refractivity contribution in [3.8, 4) is 0 Å². The molecule has 2 aliphatic heterocycles. The van der Waals surface area contributed by atoms with Gasteiger partial charge in [0.05, 0.1) is 36.3 Å². The minimum absolute atomic E-state index is 0.0860. The Labute approximate surface area is 320 Å². The van der Waals surface area contributed by atoms with Gasteiger partial charge < -0.3 is 43.0 Å². The zero-order chi connectivity index (χ0) is 40.8. The number of ether oxygens (including phenoxy) is 8. The van der Waals surface area contributed by atoms with Crippen LogP contribution in [0.25, 0.3) is 0 Å². The molecule has 0 unspecified atom stereocenters. The van der Waals surface area contributed by atoms with Crippen molar-refractivity contribution >= 4 is 35.8 Å². The lowest BCUT2D eigenvalue weighted by Crippen LogP contribution is -2.84. The Hall–Kier alpha value is -3.82. The number of fused-ring (bicyclic) bond motifs is 9. The van der Waals surface area contributed by atoms with Crippen molar-refractivity contribution in [2.45, 2.75) is 129 Å². The van der Waals surface area contributed by atoms with Gasteiger partial charge in [0.1, 0.15) is 24.9 Å². The van der Waals surface area contributed by atoms with Crippen LogP contribution >= 0.6 is 0 Å². The number of methoxy groups -OCH3 is 1. The van der Waals surface area contributed by atoms with E-state index >= 15 is 0 Å². The second-order valence-electron chi connectivity index (χ2n) is 17.1. The van der Waals surface area contributed by atoms with Crippen LogP contribution < -0.4 is 0 Å². The molecule has 15 atom stereocenters. The van der Waals surface area contributed by atoms with Gasteiger partial charge in [0.15, 0.2) is 12.2 Å². The van der Waals surface area contributed by atoms with Crippen LogP contribution in [-0.2, 0) is 66.7 Å². The molecule has 0 radical (unpaired) electrons. The fraction of sp³-hybridized carbons (Fsp3) is 0.750. The highest BCUT2D eigenvalue weighted by atomic mass is 16.7. The first-order valence-electron chi connectivity index (χ1n) is 18.8. The maximum absolute atomic E-state index is 13.9. The molecule has 15 nitrogen and oxygen atoms in total. The summed E-state index contributed by atoms with van der Waals surface area (Å²) in [7, 11) is 1.19. The molecule has 1 N–H and O–H groups in total. The molecular weight excluding hydrogens is 720 g/mol. The molecule has 2 heterocycles. The van der Waals surface area contributed by atoms with Gasteiger partial charge in [-0.1, -0.05) is 32.6 Å². The van der Waals surface area contributed by atoms with Crippen LogP contribution in [0.3, 0.4) is 0 Å². The average Bonchev–Trinajstić information content (AvgIpc) is 3.87. The second kappa shape index (κ2) is 13.4. The van der Waals surface area contributed by atoms with Crippen LogP contribution in [0.5, 0.6) is 0 Å². The van der Waals surface area contributed by atoms with Crippen molar-refractivity contribution in [2.75, 3.05) is 20.3 Å². The highest BCUT2D eigenvalue weighted by Crippen LogP contribution is 2.78. The number of hydrogen-bond acceptors (Lipinski definition) is 15. The zero-order valence-electron chi connectivity index (χ0n) is 33.3. The van der Waals surface area contributed by atoms with Crippen molar-refractivity contribution in [3.63, 3.8) is 0 Å². The molecule has 304 valence electrons. The SMILES string of the molecule is C=C1C[C@@]2(O)[C@@H]3CC[C@]4(C)[C@H]([C@H](OC(C)=O)[C@H](OC(C)=O)[C@]5(COC(C)=O)[C@@H](C)OCC=C[C@@H]45)[C@@]3(C)[C@H](OC(C)=O)[C@H](OC(C)=O)[C@@]2(C)[C@]2(C(=O)OC)O[C@H]12. The molecule has 1 saturated heterocycles. The number of epoxide rings is 1. The number of hydrogen-bond donors (Lipinski definition) is 1. The highest BCUT2D eigenvalue weighted by molar-refractivity contribution is 5.87. The first kappa shape index (κ1) is 40.8. The van der Waals surface area contributed by atoms with Gasteiger partial charge in [-0.05, 0) is 49.5 Å². The Morgan fingerprint density at radius 2 is 1.45 bits per heavy atom. The molecule has 4 saturated carbocycles. The first-order chi connectivity index (χ1) is 25.5. The molecule has 5 fully saturated rings. The Balaban J connectivity index is 1.71. The number of esters is 6. The fourth-order valence-corrected chi connectivity index (χ4v) is 12.6. The lowest BCUT2D eigenvalue weighted by molar-refractivity contribution is -0.357. The first-order valence-corrected chi connectivity index (χ1v) is 18.8. The third-order valence-corrected chi connectivity index (χ3v) is 14.5. The largest absolute Gasteiger partial charge is 0.467 e. The van der Waals surface area contributed by atoms with Crippen molar-refractivity contribution in [3.05, 3.63) is 24.3 Å². The average molecular weight is 775 g/mol. The van der Waals surface area contributed by atoms with Gasteiger partial charge in [0.2, 0.25) is 5.60 Å². The van der Waals surface area contributed by atoms with E-state index in [9.17, 15) is 33.9 Å². The normalized spacial score (nSPS) is 46.4. The van der Waals surface area contributed by atoms with E-state index in [-0.39, 0.29) is 26.1 Å². The van der Waals surface area contributed by atoms with E-state index < -0.39 is 123 Å². The van der Waals surface area contributed by atoms with Gasteiger partial charge in [-0.25, -0.2) is 4.79 Å². The van der Waals surface area contributed by atoms with Gasteiger partial charge in [0.25, 0.3) is 0 Å². The monoisotopic (exact) mass is 774 g/mol. The van der Waals surface area contributed by atoms with Crippen molar-refractivity contribution in [1.29, 1.82) is 0 Å². The quantitative estimate of drug-likeness (QED) is 0.171. The van der Waals surface area contributed by atoms with Gasteiger partial charge in [-0.15, -0.1) is 0 Å². The molecule has 55 heavy (non-hydrogen) atoms. The van der Waals surface area contributed by atoms with Crippen molar-refractivity contribution < 1.29 is 71.8 Å². The van der Waals surface area contributed by atoms with Gasteiger partial charge in [0, 0.05) is 52.4 Å². The summed E-state index contributed by atoms with van der Waals surface area (Å²) in [5, 5.41) is 13.6. The zero-order valence-corrected chi connectivity index (χ0v) is 33.3. The predicted molar refractivity (Wildman–Crippen MR) is 188 cm³/mol. The number of carbonyl (C=O) groups is 6. The Morgan fingerprint density at radius 3 is 2.02 bits per heavy atom. The molecule has 0 amide bonds. The molecule has 15 heteroatoms. The van der Waals surface area contributed by atoms with Crippen LogP contribution in [0, 0.1) is 39.4 Å². The molecule has 0 aromatic carbocycles. The third kappa shape index (κ3) is 5.38. The van der Waals surface area contributed by atoms with Crippen LogP contribution in [0.2, 0.25) is 0 Å². The minimum Gasteiger partial charge on any atom is -0.467 e. The molecule has 6 rings (SSSR count). The summed E-state index contributed by atoms with van der Waals surface area (Å²) < 4.78 is 48.6. The Morgan fingerprint density at radius 1 is 0.873 bits per heavy atom. The van der Waals surface area contributed by atoms with E-state index in [0.717, 1.165) is 0 Å². The second-order valence-corrected chi connectivity index (χ2v) is 17.1. The minimum atomic E-state index is -1.95. The Kier molecular flexibility index (Phi) is 9.95. The summed E-state index contributed by atoms with van der Waals surface area (Å²) in [6.07, 6.45) is -2.93. The van der Waals surface area contributed by atoms with Crippen LogP contribution in [0.1, 0.15) is 81.6 Å². The predicted octanol–water partition coefficient (Wildman–Crippen LogP) is 2.93. The van der Waals surface area contributed by atoms with Gasteiger partial charge in [-0.2, -0.15) is 0 Å². The van der Waals surface area contributed by atoms with E-state index in [0.29, 0.717) is 12.0 Å². The number of aliphatic hydroxyl groups is 1. The topological polar surface area (TPSA) is 200 Å². The summed E-state index contributed by atoms with van der Waals surface area (Å²) in [5.41, 5.74) is -8.97. The highest BCUT2D eigenvalue weighted by Gasteiger charge is 2.91. The summed E-state index contributed by atoms with van der Waals surface area (Å²) in [5.74, 6) is -6.81. The van der Waals surface area contributed by atoms with Gasteiger partial charge >= 0.3 is 35.8 Å². The number of rotatable bonds is 7. The Bertz CT molecular complexity index is 1720. The van der Waals surface area contributed by atoms with E-state index in [2.05, 4.69) is 6.58 Å². The van der Waals surface area contributed by atoms with E-state index in [4.69, 9.17) is 37.9 Å². The summed E-state index contributed by atoms with van der Waals surface area (Å²) >= 11 is 0. The van der Waals surface area contributed by atoms with Crippen molar-refractivity contribution in [1.82, 2.24) is 0 Å². The summed E-state index contributed by atoms with van der Waals surface area (Å²) in [4.78, 5) is 79.6. The van der Waals surface area contributed by atoms with E-state index in [1.807, 2.05) is 19.1 Å². The molecule has 4 aliphatic carbocycles. The molecular formula is C40H54O15. The third-order valence-electron chi connectivity index (χ3n) is 14.5. The maximum Gasteiger partial charge on any atom is 0.342 e. The molecule has 0 aromatic rings. The number of allylic oxidation sites excluding steroid dienone is 1. The molecule has 6 aliphatic rings. The molecule has 0 aromatic heterocycles. The van der Waals surface area contributed by atoms with Crippen LogP contribution in [0.15, 0.2) is 24.3 Å². The maximum atomic E-state index is 13.9. The smallest absolute Gasteiger partial charge is 0.342 e. The lowest BCUT2D eigenvalue weighted by Gasteiger charge is -2.74. The van der Waals surface area contributed by atoms with E-state index in [1.165, 1.54) is 41.7 Å². The van der Waals surface area contributed by atoms with Crippen LogP contribution in [-0.4, -0.2) is 109 Å². The standard InChI is InChI=1S/C40H54O15/c1-19-17-39(47)27-14-15-35(8)26-13-12-16-49-20(2)38(26,18-50-21(3)41)31(52-23(5)43)28(51-22(4)42)29(35)36(27,9)32(53-24(6)44)33(54-25(7)45)37(39,10)40(30(19)55-40)34(46)48-11/h12-13,20,26-33,47H,1,14-18H2,2-11H3/t20-,26+,27-,28+,29+,30-,31+,32-,33+,35+,36+,37-,38-,39-,40+/m1/s1. The number of carbonyl (C=O) groups excluding carboxylic acids is 6. The lowest BCUT2D eigenvalue weighted by atomic mass is 9.31. The molecule has 0 bridgehead atoms. The fourth-order valence-electron chi connectivity index (χ4n) is 12.6. The van der Waals surface area contributed by atoms with Crippen LogP contribution in [0.4, 0.5) is 0 Å². The van der Waals surface area contributed by atoms with E-state index in [1.54, 1.807) is 20.8 Å². The summed E-state index contributed by atoms with van der Waals surface area (Å²) in [6.45, 7) is 17.4. The summed E-state index contributed by atoms with van der Waals surface area (Å²) in [6, 6.07) is 0. The molecule has 0 spiro atoms. The van der Waals surface area contributed by atoms with Gasteiger partial charge in [-0.3, -0.25) is 24.0 Å². The van der Waals surface area contributed by atoms with Crippen molar-refractivity contribution in [2.24, 2.45) is 39.4 Å².